The Morgan fingerprint density at radius 2 is 1.38 bits per heavy atom. The molecule has 6 aromatic carbocycles. The van der Waals surface area contributed by atoms with Crippen LogP contribution in [0.5, 0.6) is 0 Å². The van der Waals surface area contributed by atoms with Gasteiger partial charge in [0.05, 0.1) is 11.2 Å². The van der Waals surface area contributed by atoms with Gasteiger partial charge < -0.3 is 0 Å². The van der Waals surface area contributed by atoms with Gasteiger partial charge >= 0.3 is 0 Å². The summed E-state index contributed by atoms with van der Waals surface area (Å²) in [5.74, 6) is 0. The lowest BCUT2D eigenvalue weighted by Gasteiger charge is -2.24. The van der Waals surface area contributed by atoms with E-state index >= 15 is 0 Å². The van der Waals surface area contributed by atoms with Crippen molar-refractivity contribution in [1.29, 1.82) is 0 Å². The van der Waals surface area contributed by atoms with Gasteiger partial charge in [-0.3, -0.25) is 0 Å². The first-order valence-electron chi connectivity index (χ1n) is 14.9. The molecule has 0 bridgehead atoms. The maximum atomic E-state index is 5.57. The van der Waals surface area contributed by atoms with Crippen LogP contribution >= 0.6 is 0 Å². The summed E-state index contributed by atoms with van der Waals surface area (Å²) < 4.78 is 0. The lowest BCUT2D eigenvalue weighted by atomic mass is 9.80. The van der Waals surface area contributed by atoms with E-state index in [1.807, 2.05) is 0 Å². The van der Waals surface area contributed by atoms with E-state index in [9.17, 15) is 0 Å². The maximum absolute atomic E-state index is 5.57. The summed E-state index contributed by atoms with van der Waals surface area (Å²) in [5, 5.41) is 11.3. The Morgan fingerprint density at radius 3 is 2.14 bits per heavy atom. The normalized spacial score (nSPS) is 13.7. The van der Waals surface area contributed by atoms with Crippen molar-refractivity contribution in [2.45, 2.75) is 26.7 Å². The van der Waals surface area contributed by atoms with Crippen LogP contribution in [0.4, 0.5) is 0 Å². The molecule has 1 heterocycles. The predicted molar refractivity (Wildman–Crippen MR) is 183 cm³/mol. The number of benzene rings is 6. The summed E-state index contributed by atoms with van der Waals surface area (Å²) in [6.07, 6.45) is 13.3. The van der Waals surface area contributed by atoms with E-state index < -0.39 is 0 Å². The number of rotatable bonds is 3. The fraction of sp³-hybridized carbons (Fsp3) is 0.0976. The first kappa shape index (κ1) is 24.8. The highest BCUT2D eigenvalue weighted by Crippen LogP contribution is 2.46. The molecule has 0 saturated heterocycles. The minimum absolute atomic E-state index is 0.998. The molecule has 1 nitrogen and oxygen atoms in total. The highest BCUT2D eigenvalue weighted by molar-refractivity contribution is 6.24. The van der Waals surface area contributed by atoms with Gasteiger partial charge in [0, 0.05) is 16.3 Å². The van der Waals surface area contributed by atoms with Gasteiger partial charge in [0.2, 0.25) is 0 Å². The van der Waals surface area contributed by atoms with E-state index in [4.69, 9.17) is 4.98 Å². The van der Waals surface area contributed by atoms with Gasteiger partial charge in [0.1, 0.15) is 0 Å². The standard InChI is InChI=1S/C41H31N/c1-3-13-26(4-2)38-31-18-9-11-20-33(31)40(34-21-12-10-19-32(34)38)41-36-25-29-16-6-5-15-28(29)24-35(36)39-30-17-8-7-14-27(30)22-23-37(39)42-41/h3-11,13-20,22-25H,12,21H2,1-2H3/b13-3-,26-4+. The van der Waals surface area contributed by atoms with Crippen molar-refractivity contribution in [3.05, 3.63) is 138 Å². The second-order valence-corrected chi connectivity index (χ2v) is 11.3. The number of fused-ring (bicyclic) bond motifs is 8. The van der Waals surface area contributed by atoms with Crippen LogP contribution in [-0.2, 0) is 6.42 Å². The molecule has 0 fully saturated rings. The second-order valence-electron chi connectivity index (χ2n) is 11.3. The van der Waals surface area contributed by atoms with Crippen molar-refractivity contribution in [3.63, 3.8) is 0 Å². The fourth-order valence-corrected chi connectivity index (χ4v) is 7.12. The molecule has 1 heteroatoms. The molecule has 7 aromatic rings. The molecule has 42 heavy (non-hydrogen) atoms. The van der Waals surface area contributed by atoms with E-state index in [1.165, 1.54) is 76.3 Å². The Hall–Kier alpha value is -5.01. The minimum Gasteiger partial charge on any atom is -0.247 e. The average Bonchev–Trinajstić information content (AvgIpc) is 3.05. The van der Waals surface area contributed by atoms with Gasteiger partial charge in [-0.25, -0.2) is 4.98 Å². The molecule has 0 amide bonds. The number of aromatic nitrogens is 1. The van der Waals surface area contributed by atoms with E-state index in [1.54, 1.807) is 0 Å². The molecular weight excluding hydrogens is 506 g/mol. The van der Waals surface area contributed by atoms with Crippen LogP contribution in [0, 0.1) is 0 Å². The largest absolute Gasteiger partial charge is 0.247 e. The molecule has 1 aliphatic rings. The summed E-state index contributed by atoms with van der Waals surface area (Å²) in [6.45, 7) is 4.24. The zero-order valence-corrected chi connectivity index (χ0v) is 24.0. The number of nitrogens with zero attached hydrogens (tertiary/aromatic N) is 1. The molecule has 0 radical (unpaired) electrons. The lowest BCUT2D eigenvalue weighted by molar-refractivity contribution is 0.988. The third-order valence-corrected chi connectivity index (χ3v) is 8.94. The van der Waals surface area contributed by atoms with Gasteiger partial charge in [-0.1, -0.05) is 109 Å². The van der Waals surface area contributed by atoms with Gasteiger partial charge in [-0.15, -0.1) is 0 Å². The van der Waals surface area contributed by atoms with Crippen LogP contribution in [0.3, 0.4) is 0 Å². The molecule has 1 aliphatic carbocycles. The van der Waals surface area contributed by atoms with Crippen LogP contribution in [-0.4, -0.2) is 4.98 Å². The highest BCUT2D eigenvalue weighted by Gasteiger charge is 2.24. The predicted octanol–water partition coefficient (Wildman–Crippen LogP) is 11.5. The zero-order chi connectivity index (χ0) is 28.2. The minimum atomic E-state index is 0.998. The van der Waals surface area contributed by atoms with E-state index in [2.05, 4.69) is 141 Å². The number of pyridine rings is 1. The van der Waals surface area contributed by atoms with Gasteiger partial charge in [-0.05, 0) is 105 Å². The van der Waals surface area contributed by atoms with Gasteiger partial charge in [0.15, 0.2) is 0 Å². The molecule has 0 N–H and O–H groups in total. The van der Waals surface area contributed by atoms with Crippen LogP contribution < -0.4 is 0 Å². The molecule has 0 saturated carbocycles. The van der Waals surface area contributed by atoms with Crippen molar-refractivity contribution in [1.82, 2.24) is 4.98 Å². The lowest BCUT2D eigenvalue weighted by Crippen LogP contribution is -2.05. The van der Waals surface area contributed by atoms with Gasteiger partial charge in [-0.2, -0.15) is 0 Å². The topological polar surface area (TPSA) is 12.9 Å². The summed E-state index contributed by atoms with van der Waals surface area (Å²) in [4.78, 5) is 5.57. The maximum Gasteiger partial charge on any atom is 0.0797 e. The molecule has 0 unspecified atom stereocenters. The number of hydrogen-bond acceptors (Lipinski definition) is 1. The first-order chi connectivity index (χ1) is 20.8. The first-order valence-corrected chi connectivity index (χ1v) is 14.9. The van der Waals surface area contributed by atoms with Crippen molar-refractivity contribution in [2.24, 2.45) is 0 Å². The third-order valence-electron chi connectivity index (χ3n) is 8.94. The average molecular weight is 538 g/mol. The van der Waals surface area contributed by atoms with Crippen LogP contribution in [0.15, 0.2) is 121 Å². The molecular formula is C41H31N. The van der Waals surface area contributed by atoms with Crippen LogP contribution in [0.1, 0.15) is 37.0 Å². The summed E-state index contributed by atoms with van der Waals surface area (Å²) >= 11 is 0. The Morgan fingerprint density at radius 1 is 0.690 bits per heavy atom. The zero-order valence-electron chi connectivity index (χ0n) is 24.0. The van der Waals surface area contributed by atoms with E-state index in [0.29, 0.717) is 0 Å². The summed E-state index contributed by atoms with van der Waals surface area (Å²) in [7, 11) is 0. The molecule has 200 valence electrons. The smallest absolute Gasteiger partial charge is 0.0797 e. The Bertz CT molecular complexity index is 2310. The van der Waals surface area contributed by atoms with E-state index in [0.717, 1.165) is 24.1 Å². The Labute approximate surface area is 246 Å². The fourth-order valence-electron chi connectivity index (χ4n) is 7.12. The Kier molecular flexibility index (Phi) is 5.79. The monoisotopic (exact) mass is 537 g/mol. The Balaban J connectivity index is 1.60. The SMILES string of the molecule is C/C=C\C(=C/C)c1c2c(c(-c3nc4ccc5ccccc5c4c4cc5ccccc5cc34)c3ccccc13)CCC=C2. The number of hydrogen-bond donors (Lipinski definition) is 0. The quantitative estimate of drug-likeness (QED) is 0.124. The van der Waals surface area contributed by atoms with E-state index in [-0.39, 0.29) is 0 Å². The molecule has 0 aliphatic heterocycles. The van der Waals surface area contributed by atoms with Crippen molar-refractivity contribution >= 4 is 65.6 Å². The van der Waals surface area contributed by atoms with Gasteiger partial charge in [0.25, 0.3) is 0 Å². The highest BCUT2D eigenvalue weighted by atomic mass is 14.7. The summed E-state index contributed by atoms with van der Waals surface area (Å²) in [6, 6.07) is 35.5. The molecule has 1 aromatic heterocycles. The molecule has 0 spiro atoms. The summed E-state index contributed by atoms with van der Waals surface area (Å²) in [5.41, 5.74) is 8.72. The number of allylic oxidation sites excluding steroid dienone is 5. The van der Waals surface area contributed by atoms with Crippen LogP contribution in [0.25, 0.3) is 76.9 Å². The van der Waals surface area contributed by atoms with Crippen molar-refractivity contribution < 1.29 is 0 Å². The third kappa shape index (κ3) is 3.67. The van der Waals surface area contributed by atoms with Crippen molar-refractivity contribution in [3.8, 4) is 11.3 Å². The molecule has 0 atom stereocenters. The van der Waals surface area contributed by atoms with Crippen molar-refractivity contribution in [2.75, 3.05) is 0 Å². The molecule has 8 rings (SSSR count). The second kappa shape index (κ2) is 9.82. The van der Waals surface area contributed by atoms with Crippen LogP contribution in [0.2, 0.25) is 0 Å².